The quantitative estimate of drug-likeness (QED) is 0.161. The minimum Gasteiger partial charge on any atom is -0.493 e. The van der Waals surface area contributed by atoms with Gasteiger partial charge in [-0.25, -0.2) is 13.2 Å². The smallest absolute Gasteiger partial charge is 0.353 e. The number of carbonyl (C=O) groups excluding carboxylic acids is 2. The number of amides is 1. The number of hydrogen-bond acceptors (Lipinski definition) is 11. The highest BCUT2D eigenvalue weighted by atomic mass is 35.5. The standard InChI is InChI=1S/C19H13ClN4O6S3/c1-29-13-8-10(7-12(20)15(13)30-17(26)14-4-3-5-31-14)6-11(9-21)16(25)22-18-23-24-19(32-18)33(2,27)28/h3-8H,1-2H3,(H,22,23,25). The Morgan fingerprint density at radius 3 is 2.64 bits per heavy atom. The van der Waals surface area contributed by atoms with Crippen molar-refractivity contribution in [1.82, 2.24) is 10.2 Å². The Morgan fingerprint density at radius 2 is 2.06 bits per heavy atom. The molecule has 0 saturated heterocycles. The van der Waals surface area contributed by atoms with Gasteiger partial charge in [-0.15, -0.1) is 21.5 Å². The van der Waals surface area contributed by atoms with Crippen LogP contribution in [0.4, 0.5) is 5.13 Å². The molecule has 1 N–H and O–H groups in total. The number of anilines is 1. The number of thiophene rings is 1. The number of hydrogen-bond donors (Lipinski definition) is 1. The average Bonchev–Trinajstić information content (AvgIpc) is 3.45. The Morgan fingerprint density at radius 1 is 1.30 bits per heavy atom. The molecule has 1 amide bonds. The normalized spacial score (nSPS) is 11.5. The first-order chi connectivity index (χ1) is 15.6. The number of nitrogens with zero attached hydrogens (tertiary/aromatic N) is 3. The number of halogens is 1. The molecule has 0 radical (unpaired) electrons. The first kappa shape index (κ1) is 24.3. The molecular weight excluding hydrogens is 512 g/mol. The van der Waals surface area contributed by atoms with Gasteiger partial charge in [0.1, 0.15) is 16.5 Å². The number of aromatic nitrogens is 2. The molecule has 33 heavy (non-hydrogen) atoms. The van der Waals surface area contributed by atoms with E-state index < -0.39 is 21.7 Å². The fourth-order valence-corrected chi connectivity index (χ4v) is 4.71. The minimum absolute atomic E-state index is 0.0140. The van der Waals surface area contributed by atoms with Crippen molar-refractivity contribution in [1.29, 1.82) is 5.26 Å². The van der Waals surface area contributed by atoms with E-state index in [-0.39, 0.29) is 31.6 Å². The monoisotopic (exact) mass is 524 g/mol. The summed E-state index contributed by atoms with van der Waals surface area (Å²) in [5, 5.41) is 20.4. The van der Waals surface area contributed by atoms with Gasteiger partial charge < -0.3 is 9.47 Å². The predicted octanol–water partition coefficient (Wildman–Crippen LogP) is 3.43. The number of nitrogens with one attached hydrogen (secondary N) is 1. The lowest BCUT2D eigenvalue weighted by molar-refractivity contribution is -0.112. The molecule has 10 nitrogen and oxygen atoms in total. The van der Waals surface area contributed by atoms with Crippen LogP contribution in [0.1, 0.15) is 15.2 Å². The number of nitriles is 1. The number of esters is 1. The zero-order chi connectivity index (χ0) is 24.2. The number of benzene rings is 1. The van der Waals surface area contributed by atoms with E-state index in [2.05, 4.69) is 15.5 Å². The van der Waals surface area contributed by atoms with Crippen LogP contribution in [0.3, 0.4) is 0 Å². The predicted molar refractivity (Wildman–Crippen MR) is 123 cm³/mol. The third-order valence-corrected chi connectivity index (χ3v) is 7.43. The van der Waals surface area contributed by atoms with Crippen molar-refractivity contribution in [2.45, 2.75) is 4.34 Å². The van der Waals surface area contributed by atoms with Crippen LogP contribution >= 0.6 is 34.3 Å². The van der Waals surface area contributed by atoms with Gasteiger partial charge in [-0.3, -0.25) is 10.1 Å². The second kappa shape index (κ2) is 10.1. The third kappa shape index (κ3) is 5.93. The van der Waals surface area contributed by atoms with Gasteiger partial charge in [0.2, 0.25) is 19.3 Å². The lowest BCUT2D eigenvalue weighted by Gasteiger charge is -2.11. The molecule has 1 aromatic carbocycles. The Labute approximate surface area is 201 Å². The van der Waals surface area contributed by atoms with Crippen molar-refractivity contribution in [2.75, 3.05) is 18.7 Å². The van der Waals surface area contributed by atoms with E-state index in [1.165, 1.54) is 36.7 Å². The summed E-state index contributed by atoms with van der Waals surface area (Å²) in [6.45, 7) is 0. The molecule has 0 unspecified atom stereocenters. The SMILES string of the molecule is COc1cc(C=C(C#N)C(=O)Nc2nnc(S(C)(=O)=O)s2)cc(Cl)c1OC(=O)c1cccs1. The summed E-state index contributed by atoms with van der Waals surface area (Å²) < 4.78 is 33.3. The van der Waals surface area contributed by atoms with Crippen molar-refractivity contribution in [2.24, 2.45) is 0 Å². The van der Waals surface area contributed by atoms with Crippen LogP contribution in [0.5, 0.6) is 11.5 Å². The van der Waals surface area contributed by atoms with E-state index in [4.69, 9.17) is 21.1 Å². The lowest BCUT2D eigenvalue weighted by atomic mass is 10.1. The highest BCUT2D eigenvalue weighted by molar-refractivity contribution is 7.92. The molecule has 0 aliphatic heterocycles. The Kier molecular flexibility index (Phi) is 7.44. The number of methoxy groups -OCH3 is 1. The van der Waals surface area contributed by atoms with Gasteiger partial charge in [0, 0.05) is 6.26 Å². The highest BCUT2D eigenvalue weighted by Gasteiger charge is 2.20. The van der Waals surface area contributed by atoms with Gasteiger partial charge >= 0.3 is 5.97 Å². The van der Waals surface area contributed by atoms with Gasteiger partial charge in [-0.2, -0.15) is 5.26 Å². The molecular formula is C19H13ClN4O6S3. The van der Waals surface area contributed by atoms with Crippen LogP contribution in [-0.2, 0) is 14.6 Å². The first-order valence-corrected chi connectivity index (χ1v) is 12.7. The fourth-order valence-electron chi connectivity index (χ4n) is 2.35. The molecule has 0 bridgehead atoms. The summed E-state index contributed by atoms with van der Waals surface area (Å²) in [4.78, 5) is 25.1. The van der Waals surface area contributed by atoms with Crippen molar-refractivity contribution < 1.29 is 27.5 Å². The first-order valence-electron chi connectivity index (χ1n) is 8.72. The van der Waals surface area contributed by atoms with E-state index in [0.717, 1.165) is 6.26 Å². The molecule has 0 aliphatic rings. The van der Waals surface area contributed by atoms with Crippen LogP contribution in [0.25, 0.3) is 6.08 Å². The minimum atomic E-state index is -3.58. The molecule has 0 aliphatic carbocycles. The van der Waals surface area contributed by atoms with Crippen molar-refractivity contribution in [3.63, 3.8) is 0 Å². The summed E-state index contributed by atoms with van der Waals surface area (Å²) >= 11 is 8.11. The average molecular weight is 525 g/mol. The van der Waals surface area contributed by atoms with E-state index in [1.54, 1.807) is 23.6 Å². The molecule has 0 atom stereocenters. The molecule has 0 fully saturated rings. The maximum Gasteiger partial charge on any atom is 0.353 e. The highest BCUT2D eigenvalue weighted by Crippen LogP contribution is 2.37. The second-order valence-corrected chi connectivity index (χ2v) is 10.7. The number of sulfone groups is 1. The van der Waals surface area contributed by atoms with Gasteiger partial charge in [-0.05, 0) is 35.2 Å². The van der Waals surface area contributed by atoms with Gasteiger partial charge in [-0.1, -0.05) is 29.0 Å². The van der Waals surface area contributed by atoms with E-state index in [9.17, 15) is 23.3 Å². The van der Waals surface area contributed by atoms with E-state index in [0.29, 0.717) is 21.8 Å². The van der Waals surface area contributed by atoms with E-state index in [1.807, 2.05) is 0 Å². The number of ether oxygens (including phenoxy) is 2. The van der Waals surface area contributed by atoms with Gasteiger partial charge in [0.15, 0.2) is 11.5 Å². The van der Waals surface area contributed by atoms with Gasteiger partial charge in [0.05, 0.1) is 12.1 Å². The van der Waals surface area contributed by atoms with Gasteiger partial charge in [0.25, 0.3) is 5.91 Å². The lowest BCUT2D eigenvalue weighted by Crippen LogP contribution is -2.13. The summed E-state index contributed by atoms with van der Waals surface area (Å²) in [6, 6.07) is 7.86. The zero-order valence-electron chi connectivity index (χ0n) is 16.9. The molecule has 2 aromatic heterocycles. The molecule has 3 rings (SSSR count). The third-order valence-electron chi connectivity index (χ3n) is 3.79. The van der Waals surface area contributed by atoms with Crippen LogP contribution in [0, 0.1) is 11.3 Å². The maximum atomic E-state index is 12.4. The van der Waals surface area contributed by atoms with E-state index >= 15 is 0 Å². The van der Waals surface area contributed by atoms with Crippen molar-refractivity contribution >= 4 is 67.2 Å². The van der Waals surface area contributed by atoms with Crippen LogP contribution < -0.4 is 14.8 Å². The molecule has 170 valence electrons. The number of rotatable bonds is 7. The summed E-state index contributed by atoms with van der Waals surface area (Å²) in [6.07, 6.45) is 2.19. The molecule has 14 heteroatoms. The molecule has 3 aromatic rings. The summed E-state index contributed by atoms with van der Waals surface area (Å²) in [7, 11) is -2.24. The molecule has 2 heterocycles. The van der Waals surface area contributed by atoms with Crippen molar-refractivity contribution in [3.8, 4) is 17.6 Å². The molecule has 0 saturated carbocycles. The second-order valence-electron chi connectivity index (χ2n) is 6.17. The Bertz CT molecular complexity index is 1390. The largest absolute Gasteiger partial charge is 0.493 e. The van der Waals surface area contributed by atoms with Crippen molar-refractivity contribution in [3.05, 3.63) is 50.7 Å². The summed E-state index contributed by atoms with van der Waals surface area (Å²) in [5.41, 5.74) is -0.0129. The van der Waals surface area contributed by atoms with Crippen LogP contribution in [0.15, 0.2) is 39.6 Å². The van der Waals surface area contributed by atoms with Crippen LogP contribution in [-0.4, -0.2) is 43.9 Å². The van der Waals surface area contributed by atoms with Crippen LogP contribution in [0.2, 0.25) is 5.02 Å². The summed E-state index contributed by atoms with van der Waals surface area (Å²) in [5.74, 6) is -1.36. The Hall–Kier alpha value is -3.31. The Balaban J connectivity index is 1.85. The topological polar surface area (TPSA) is 148 Å². The number of carbonyl (C=O) groups is 2. The molecule has 0 spiro atoms. The zero-order valence-corrected chi connectivity index (χ0v) is 20.1. The fraction of sp³-hybridized carbons (Fsp3) is 0.105. The maximum absolute atomic E-state index is 12.4.